The van der Waals surface area contributed by atoms with Crippen LogP contribution in [0.1, 0.15) is 29.8 Å². The molecule has 0 aliphatic carbocycles. The summed E-state index contributed by atoms with van der Waals surface area (Å²) in [5, 5.41) is 10.1. The van der Waals surface area contributed by atoms with Gasteiger partial charge in [0.1, 0.15) is 5.82 Å². The van der Waals surface area contributed by atoms with Gasteiger partial charge in [0.15, 0.2) is 0 Å². The van der Waals surface area contributed by atoms with Gasteiger partial charge in [0.05, 0.1) is 16.1 Å². The number of benzene rings is 2. The maximum atomic E-state index is 14.8. The molecule has 0 aliphatic heterocycles. The molecule has 0 fully saturated rings. The van der Waals surface area contributed by atoms with E-state index >= 15 is 0 Å². The van der Waals surface area contributed by atoms with Crippen molar-refractivity contribution in [3.8, 4) is 0 Å². The van der Waals surface area contributed by atoms with Crippen molar-refractivity contribution in [2.75, 3.05) is 31.6 Å². The Morgan fingerprint density at radius 3 is 2.34 bits per heavy atom. The third-order valence-electron chi connectivity index (χ3n) is 4.71. The predicted octanol–water partition coefficient (Wildman–Crippen LogP) is 3.89. The van der Waals surface area contributed by atoms with Gasteiger partial charge in [-0.1, -0.05) is 29.8 Å². The number of hydrogen-bond acceptors (Lipinski definition) is 4. The van der Waals surface area contributed by atoms with E-state index < -0.39 is 26.7 Å². The van der Waals surface area contributed by atoms with E-state index in [-0.39, 0.29) is 17.8 Å². The number of hydrogen-bond donors (Lipinski definition) is 1. The van der Waals surface area contributed by atoms with Gasteiger partial charge >= 0.3 is 5.97 Å². The van der Waals surface area contributed by atoms with Gasteiger partial charge in [0, 0.05) is 31.7 Å². The van der Waals surface area contributed by atoms with Gasteiger partial charge in [-0.05, 0) is 44.0 Å². The highest BCUT2D eigenvalue weighted by molar-refractivity contribution is 7.89. The summed E-state index contributed by atoms with van der Waals surface area (Å²) in [6.45, 7) is 4.41. The lowest BCUT2D eigenvalue weighted by atomic mass is 10.1. The van der Waals surface area contributed by atoms with E-state index in [1.165, 1.54) is 11.9 Å². The lowest BCUT2D eigenvalue weighted by molar-refractivity contribution is 0.0696. The van der Waals surface area contributed by atoms with E-state index in [0.717, 1.165) is 22.0 Å². The highest BCUT2D eigenvalue weighted by Gasteiger charge is 2.27. The second kappa shape index (κ2) is 9.56. The molecule has 0 radical (unpaired) electrons. The summed E-state index contributed by atoms with van der Waals surface area (Å²) < 4.78 is 41.7. The van der Waals surface area contributed by atoms with Crippen molar-refractivity contribution in [1.82, 2.24) is 4.31 Å². The Hall–Kier alpha value is -2.16. The summed E-state index contributed by atoms with van der Waals surface area (Å²) >= 11 is 6.10. The second-order valence-corrected chi connectivity index (χ2v) is 8.90. The van der Waals surface area contributed by atoms with Crippen LogP contribution >= 0.6 is 11.6 Å². The molecular weight excluding hydrogens is 419 g/mol. The average molecular weight is 443 g/mol. The van der Waals surface area contributed by atoms with Crippen LogP contribution in [0.4, 0.5) is 10.1 Å². The Bertz CT molecular complexity index is 994. The first-order valence-electron chi connectivity index (χ1n) is 9.15. The van der Waals surface area contributed by atoms with Crippen molar-refractivity contribution in [3.05, 3.63) is 58.4 Å². The van der Waals surface area contributed by atoms with Crippen LogP contribution in [0.2, 0.25) is 5.02 Å². The van der Waals surface area contributed by atoms with Gasteiger partial charge in [-0.25, -0.2) is 21.9 Å². The summed E-state index contributed by atoms with van der Waals surface area (Å²) in [5.41, 5.74) is 0.289. The first-order chi connectivity index (χ1) is 13.6. The van der Waals surface area contributed by atoms with E-state index in [1.807, 2.05) is 0 Å². The molecular formula is C20H24ClFN2O4S. The number of carboxylic acid groups (broad SMARTS) is 1. The number of likely N-dealkylation sites (N-methyl/N-ethyl adjacent to an activating group) is 1. The van der Waals surface area contributed by atoms with Crippen LogP contribution in [-0.4, -0.2) is 50.5 Å². The van der Waals surface area contributed by atoms with E-state index in [1.54, 1.807) is 38.1 Å². The van der Waals surface area contributed by atoms with E-state index in [0.29, 0.717) is 24.5 Å². The van der Waals surface area contributed by atoms with E-state index in [2.05, 4.69) is 0 Å². The maximum Gasteiger partial charge on any atom is 0.337 e. The third-order valence-corrected chi connectivity index (χ3v) is 6.91. The molecule has 29 heavy (non-hydrogen) atoms. The zero-order valence-corrected chi connectivity index (χ0v) is 18.1. The molecule has 0 atom stereocenters. The smallest absolute Gasteiger partial charge is 0.337 e. The Labute approximate surface area is 175 Å². The number of rotatable bonds is 9. The van der Waals surface area contributed by atoms with Crippen LogP contribution < -0.4 is 4.90 Å². The minimum Gasteiger partial charge on any atom is -0.478 e. The van der Waals surface area contributed by atoms with Crippen LogP contribution in [0, 0.1) is 5.82 Å². The van der Waals surface area contributed by atoms with Gasteiger partial charge in [0.2, 0.25) is 10.0 Å². The van der Waals surface area contributed by atoms with Gasteiger partial charge in [-0.3, -0.25) is 0 Å². The number of anilines is 1. The quantitative estimate of drug-likeness (QED) is 0.637. The van der Waals surface area contributed by atoms with Crippen LogP contribution in [0.5, 0.6) is 0 Å². The van der Waals surface area contributed by atoms with Gasteiger partial charge < -0.3 is 10.0 Å². The molecule has 0 heterocycles. The SMILES string of the molecule is CCN(CC)c1c(F)cc(S(=O)(=O)N(C)CCc2ccccc2Cl)cc1C(=O)O. The van der Waals surface area contributed by atoms with E-state index in [9.17, 15) is 22.7 Å². The Morgan fingerprint density at radius 2 is 1.79 bits per heavy atom. The monoisotopic (exact) mass is 442 g/mol. The number of carbonyl (C=O) groups is 1. The van der Waals surface area contributed by atoms with Crippen molar-refractivity contribution in [2.45, 2.75) is 25.2 Å². The van der Waals surface area contributed by atoms with Crippen molar-refractivity contribution in [2.24, 2.45) is 0 Å². The standard InChI is InChI=1S/C20H24ClFN2O4S/c1-4-24(5-2)19-16(20(25)26)12-15(13-18(19)22)29(27,28)23(3)11-10-14-8-6-7-9-17(14)21/h6-9,12-13H,4-5,10-11H2,1-3H3,(H,25,26). The number of halogens is 2. The lowest BCUT2D eigenvalue weighted by Gasteiger charge is -2.25. The molecule has 2 aromatic rings. The minimum atomic E-state index is -4.09. The summed E-state index contributed by atoms with van der Waals surface area (Å²) in [6, 6.07) is 8.98. The molecule has 0 amide bonds. The Balaban J connectivity index is 2.38. The summed E-state index contributed by atoms with van der Waals surface area (Å²) in [4.78, 5) is 12.8. The molecule has 0 unspecified atom stereocenters. The zero-order chi connectivity index (χ0) is 21.8. The van der Waals surface area contributed by atoms with Crippen LogP contribution in [0.25, 0.3) is 0 Å². The maximum absolute atomic E-state index is 14.8. The molecule has 158 valence electrons. The summed E-state index contributed by atoms with van der Waals surface area (Å²) in [6.07, 6.45) is 0.362. The lowest BCUT2D eigenvalue weighted by Crippen LogP contribution is -2.30. The molecule has 2 rings (SSSR count). The number of sulfonamides is 1. The van der Waals surface area contributed by atoms with Gasteiger partial charge in [-0.2, -0.15) is 0 Å². The van der Waals surface area contributed by atoms with Crippen LogP contribution in [0.15, 0.2) is 41.3 Å². The number of aromatic carboxylic acids is 1. The molecule has 0 aromatic heterocycles. The van der Waals surface area contributed by atoms with E-state index in [4.69, 9.17) is 11.6 Å². The zero-order valence-electron chi connectivity index (χ0n) is 16.5. The molecule has 0 bridgehead atoms. The molecule has 9 heteroatoms. The topological polar surface area (TPSA) is 77.9 Å². The molecule has 0 aliphatic rings. The average Bonchev–Trinajstić information content (AvgIpc) is 2.68. The van der Waals surface area contributed by atoms with Crippen molar-refractivity contribution < 1.29 is 22.7 Å². The highest BCUT2D eigenvalue weighted by Crippen LogP contribution is 2.29. The summed E-state index contributed by atoms with van der Waals surface area (Å²) in [5.74, 6) is -2.27. The molecule has 0 spiro atoms. The predicted molar refractivity (Wildman–Crippen MR) is 112 cm³/mol. The number of carboxylic acids is 1. The minimum absolute atomic E-state index is 0.105. The number of nitrogens with zero attached hydrogens (tertiary/aromatic N) is 2. The van der Waals surface area contributed by atoms with Gasteiger partial charge in [-0.15, -0.1) is 0 Å². The first-order valence-corrected chi connectivity index (χ1v) is 11.0. The van der Waals surface area contributed by atoms with Crippen molar-refractivity contribution in [3.63, 3.8) is 0 Å². The van der Waals surface area contributed by atoms with Gasteiger partial charge in [0.25, 0.3) is 0 Å². The third kappa shape index (κ3) is 5.07. The summed E-state index contributed by atoms with van der Waals surface area (Å²) in [7, 11) is -2.72. The normalized spacial score (nSPS) is 11.7. The molecule has 0 saturated carbocycles. The van der Waals surface area contributed by atoms with Crippen molar-refractivity contribution >= 4 is 33.3 Å². The fraction of sp³-hybridized carbons (Fsp3) is 0.350. The highest BCUT2D eigenvalue weighted by atomic mass is 35.5. The first kappa shape index (κ1) is 23.1. The second-order valence-electron chi connectivity index (χ2n) is 6.45. The molecule has 6 nitrogen and oxygen atoms in total. The fourth-order valence-corrected chi connectivity index (χ4v) is 4.47. The molecule has 1 N–H and O–H groups in total. The Morgan fingerprint density at radius 1 is 1.17 bits per heavy atom. The molecule has 2 aromatic carbocycles. The Kier molecular flexibility index (Phi) is 7.62. The fourth-order valence-electron chi connectivity index (χ4n) is 3.03. The molecule has 0 saturated heterocycles. The largest absolute Gasteiger partial charge is 0.478 e. The van der Waals surface area contributed by atoms with Crippen molar-refractivity contribution in [1.29, 1.82) is 0 Å². The van der Waals surface area contributed by atoms with Crippen LogP contribution in [-0.2, 0) is 16.4 Å². The van der Waals surface area contributed by atoms with Crippen LogP contribution in [0.3, 0.4) is 0 Å².